The molecule has 1 saturated heterocycles. The molecule has 0 bridgehead atoms. The third kappa shape index (κ3) is 7.32. The van der Waals surface area contributed by atoms with Crippen molar-refractivity contribution in [2.75, 3.05) is 20.2 Å². The van der Waals surface area contributed by atoms with Crippen molar-refractivity contribution < 1.29 is 45.4 Å². The number of rotatable bonds is 4. The smallest absolute Gasteiger partial charge is 0.416 e. The first-order valence-corrected chi connectivity index (χ1v) is 11.7. The van der Waals surface area contributed by atoms with Crippen LogP contribution in [0.2, 0.25) is 0 Å². The summed E-state index contributed by atoms with van der Waals surface area (Å²) in [6, 6.07) is 6.83. The number of ether oxygens (including phenoxy) is 2. The van der Waals surface area contributed by atoms with Gasteiger partial charge in [0, 0.05) is 30.6 Å². The molecule has 2 aromatic rings. The van der Waals surface area contributed by atoms with Gasteiger partial charge in [-0.2, -0.15) is 26.3 Å². The number of carbonyl (C=O) groups is 2. The summed E-state index contributed by atoms with van der Waals surface area (Å²) in [5.41, 5.74) is -4.00. The molecular formula is C26H28F6N2O4. The highest BCUT2D eigenvalue weighted by Crippen LogP contribution is 2.37. The van der Waals surface area contributed by atoms with Crippen molar-refractivity contribution in [1.82, 2.24) is 10.2 Å². The highest BCUT2D eigenvalue weighted by molar-refractivity contribution is 5.95. The minimum absolute atomic E-state index is 0.0315. The van der Waals surface area contributed by atoms with Crippen molar-refractivity contribution in [2.24, 2.45) is 0 Å². The van der Waals surface area contributed by atoms with Crippen LogP contribution < -0.4 is 10.1 Å². The van der Waals surface area contributed by atoms with Crippen molar-refractivity contribution in [3.63, 3.8) is 0 Å². The molecule has 0 aromatic heterocycles. The number of nitrogens with zero attached hydrogens (tertiary/aromatic N) is 1. The van der Waals surface area contributed by atoms with E-state index in [1.165, 1.54) is 12.0 Å². The largest absolute Gasteiger partial charge is 0.497 e. The summed E-state index contributed by atoms with van der Waals surface area (Å²) < 4.78 is 90.3. The molecule has 3 rings (SSSR count). The Morgan fingerprint density at radius 1 is 0.921 bits per heavy atom. The van der Waals surface area contributed by atoms with Crippen LogP contribution in [0, 0.1) is 0 Å². The van der Waals surface area contributed by atoms with Gasteiger partial charge in [-0.3, -0.25) is 4.79 Å². The number of amides is 2. The van der Waals surface area contributed by atoms with Crippen molar-refractivity contribution in [1.29, 1.82) is 0 Å². The lowest BCUT2D eigenvalue weighted by Gasteiger charge is -2.39. The summed E-state index contributed by atoms with van der Waals surface area (Å²) in [6.45, 7) is 5.39. The molecule has 0 radical (unpaired) electrons. The highest BCUT2D eigenvalue weighted by atomic mass is 19.4. The Hall–Kier alpha value is -3.44. The summed E-state index contributed by atoms with van der Waals surface area (Å²) in [5.74, 6) is -1.06. The average molecular weight is 547 g/mol. The topological polar surface area (TPSA) is 67.9 Å². The molecule has 6 nitrogen and oxygen atoms in total. The monoisotopic (exact) mass is 546 g/mol. The normalized spacial score (nSPS) is 18.6. The van der Waals surface area contributed by atoms with Crippen molar-refractivity contribution in [2.45, 2.75) is 57.1 Å². The van der Waals surface area contributed by atoms with Crippen LogP contribution in [0.3, 0.4) is 0 Å². The number of alkyl halides is 6. The van der Waals surface area contributed by atoms with E-state index in [0.717, 1.165) is 0 Å². The number of carbonyl (C=O) groups excluding carboxylic acids is 2. The molecular weight excluding hydrogens is 518 g/mol. The minimum Gasteiger partial charge on any atom is -0.497 e. The van der Waals surface area contributed by atoms with E-state index in [0.29, 0.717) is 23.4 Å². The van der Waals surface area contributed by atoms with E-state index in [4.69, 9.17) is 9.47 Å². The Morgan fingerprint density at radius 2 is 1.47 bits per heavy atom. The minimum atomic E-state index is -5.08. The SMILES string of the molecule is COc1ccc([C@@H]2CN(C(=O)OC(C)(C)C)CC[C@H]2NC(=O)c2cc(C(F)(F)F)cc(C(F)(F)F)c2)cc1. The Balaban J connectivity index is 1.92. The standard InChI is InChI=1S/C26H28F6N2O4/c1-24(2,3)38-23(36)34-10-9-21(20(14-34)15-5-7-19(37-4)8-6-15)33-22(35)16-11-17(25(27,28)29)13-18(12-16)26(30,31)32/h5-8,11-13,20-21H,9-10,14H2,1-4H3,(H,33,35)/t20-,21+/m0/s1. The summed E-state index contributed by atoms with van der Waals surface area (Å²) in [6.07, 6.45) is -10.6. The van der Waals surface area contributed by atoms with Gasteiger partial charge in [0.25, 0.3) is 5.91 Å². The Bertz CT molecular complexity index is 1120. The van der Waals surface area contributed by atoms with Gasteiger partial charge in [0.05, 0.1) is 18.2 Å². The molecule has 1 fully saturated rings. The molecule has 2 amide bonds. The van der Waals surface area contributed by atoms with Crippen LogP contribution in [0.4, 0.5) is 31.1 Å². The number of likely N-dealkylation sites (tertiary alicyclic amines) is 1. The first kappa shape index (κ1) is 29.1. The van der Waals surface area contributed by atoms with Gasteiger partial charge in [-0.25, -0.2) is 4.79 Å². The van der Waals surface area contributed by atoms with E-state index in [1.807, 2.05) is 0 Å². The molecule has 1 aliphatic heterocycles. The van der Waals surface area contributed by atoms with Gasteiger partial charge in [-0.15, -0.1) is 0 Å². The maximum Gasteiger partial charge on any atom is 0.416 e. The van der Waals surface area contributed by atoms with E-state index in [-0.39, 0.29) is 25.6 Å². The first-order valence-electron chi connectivity index (χ1n) is 11.7. The Kier molecular flexibility index (Phi) is 8.23. The molecule has 0 aliphatic carbocycles. The van der Waals surface area contributed by atoms with Crippen LogP contribution in [0.1, 0.15) is 60.2 Å². The van der Waals surface area contributed by atoms with Gasteiger partial charge in [-0.05, 0) is 63.1 Å². The van der Waals surface area contributed by atoms with Gasteiger partial charge >= 0.3 is 18.4 Å². The van der Waals surface area contributed by atoms with Crippen LogP contribution in [-0.2, 0) is 17.1 Å². The number of benzene rings is 2. The molecule has 1 aliphatic rings. The predicted molar refractivity (Wildman–Crippen MR) is 126 cm³/mol. The quantitative estimate of drug-likeness (QED) is 0.460. The van der Waals surface area contributed by atoms with Crippen molar-refractivity contribution in [3.8, 4) is 5.75 Å². The number of nitrogens with one attached hydrogen (secondary N) is 1. The fourth-order valence-corrected chi connectivity index (χ4v) is 4.14. The van der Waals surface area contributed by atoms with Crippen LogP contribution in [0.15, 0.2) is 42.5 Å². The van der Waals surface area contributed by atoms with Crippen LogP contribution in [0.5, 0.6) is 5.75 Å². The van der Waals surface area contributed by atoms with Crippen molar-refractivity contribution in [3.05, 3.63) is 64.7 Å². The number of methoxy groups -OCH3 is 1. The second kappa shape index (κ2) is 10.7. The Morgan fingerprint density at radius 3 is 1.95 bits per heavy atom. The van der Waals surface area contributed by atoms with Gasteiger partial charge in [0.2, 0.25) is 0 Å². The molecule has 0 spiro atoms. The second-order valence-corrected chi connectivity index (χ2v) is 9.97. The molecule has 38 heavy (non-hydrogen) atoms. The molecule has 0 unspecified atom stereocenters. The fourth-order valence-electron chi connectivity index (χ4n) is 4.14. The zero-order chi connectivity index (χ0) is 28.5. The summed E-state index contributed by atoms with van der Waals surface area (Å²) in [4.78, 5) is 27.1. The lowest BCUT2D eigenvalue weighted by molar-refractivity contribution is -0.143. The number of halogens is 6. The summed E-state index contributed by atoms with van der Waals surface area (Å²) in [7, 11) is 1.48. The van der Waals surface area contributed by atoms with Gasteiger partial charge < -0.3 is 19.7 Å². The van der Waals surface area contributed by atoms with Gasteiger partial charge in [0.15, 0.2) is 0 Å². The zero-order valence-corrected chi connectivity index (χ0v) is 21.2. The lowest BCUT2D eigenvalue weighted by Crippen LogP contribution is -2.52. The number of hydrogen-bond donors (Lipinski definition) is 1. The fraction of sp³-hybridized carbons (Fsp3) is 0.462. The molecule has 12 heteroatoms. The highest BCUT2D eigenvalue weighted by Gasteiger charge is 2.39. The Labute approximate surface area is 215 Å². The van der Waals surface area contributed by atoms with Gasteiger partial charge in [-0.1, -0.05) is 12.1 Å². The van der Waals surface area contributed by atoms with Crippen LogP contribution in [-0.4, -0.2) is 48.7 Å². The van der Waals surface area contributed by atoms with E-state index in [9.17, 15) is 35.9 Å². The van der Waals surface area contributed by atoms with E-state index in [2.05, 4.69) is 5.32 Å². The maximum absolute atomic E-state index is 13.3. The summed E-state index contributed by atoms with van der Waals surface area (Å²) in [5, 5.41) is 2.59. The first-order chi connectivity index (χ1) is 17.5. The third-order valence-corrected chi connectivity index (χ3v) is 5.97. The molecule has 1 N–H and O–H groups in total. The van der Waals surface area contributed by atoms with Crippen LogP contribution in [0.25, 0.3) is 0 Å². The molecule has 2 aromatic carbocycles. The lowest BCUT2D eigenvalue weighted by atomic mass is 9.85. The predicted octanol–water partition coefficient (Wildman–Crippen LogP) is 6.26. The second-order valence-electron chi connectivity index (χ2n) is 9.97. The van der Waals surface area contributed by atoms with E-state index < -0.39 is 58.6 Å². The van der Waals surface area contributed by atoms with Crippen molar-refractivity contribution >= 4 is 12.0 Å². The zero-order valence-electron chi connectivity index (χ0n) is 21.2. The molecule has 0 saturated carbocycles. The molecule has 208 valence electrons. The summed E-state index contributed by atoms with van der Waals surface area (Å²) >= 11 is 0. The third-order valence-electron chi connectivity index (χ3n) is 5.97. The molecule has 2 atom stereocenters. The van der Waals surface area contributed by atoms with E-state index >= 15 is 0 Å². The number of piperidine rings is 1. The maximum atomic E-state index is 13.3. The molecule has 1 heterocycles. The van der Waals surface area contributed by atoms with Gasteiger partial charge in [0.1, 0.15) is 11.4 Å². The van der Waals surface area contributed by atoms with Crippen LogP contribution >= 0.6 is 0 Å². The van der Waals surface area contributed by atoms with E-state index in [1.54, 1.807) is 45.0 Å². The number of hydrogen-bond acceptors (Lipinski definition) is 4. The average Bonchev–Trinajstić information content (AvgIpc) is 2.82.